The van der Waals surface area contributed by atoms with E-state index in [0.29, 0.717) is 17.6 Å². The van der Waals surface area contributed by atoms with Crippen molar-refractivity contribution in [3.8, 4) is 0 Å². The van der Waals surface area contributed by atoms with Crippen LogP contribution in [0.15, 0.2) is 42.7 Å². The maximum atomic E-state index is 12.7. The minimum atomic E-state index is 0.0186. The number of rotatable bonds is 4. The summed E-state index contributed by atoms with van der Waals surface area (Å²) in [7, 11) is 0. The Morgan fingerprint density at radius 1 is 0.962 bits per heavy atom. The van der Waals surface area contributed by atoms with E-state index in [1.165, 1.54) is 31.4 Å². The summed E-state index contributed by atoms with van der Waals surface area (Å²) in [6.07, 6.45) is 8.18. The zero-order valence-corrected chi connectivity index (χ0v) is 15.0. The average Bonchev–Trinajstić information content (AvgIpc) is 3.22. The molecule has 2 heterocycles. The van der Waals surface area contributed by atoms with Crippen molar-refractivity contribution < 1.29 is 4.79 Å². The molecule has 2 aromatic rings. The van der Waals surface area contributed by atoms with Gasteiger partial charge in [-0.2, -0.15) is 0 Å². The fraction of sp³-hybridized carbons (Fsp3) is 0.450. The molecular weight excluding hydrogens is 326 g/mol. The van der Waals surface area contributed by atoms with E-state index in [-0.39, 0.29) is 5.91 Å². The highest BCUT2D eigenvalue weighted by atomic mass is 16.2. The zero-order chi connectivity index (χ0) is 17.8. The molecule has 6 nitrogen and oxygen atoms in total. The molecule has 0 bridgehead atoms. The highest BCUT2D eigenvalue weighted by Crippen LogP contribution is 2.21. The van der Waals surface area contributed by atoms with Crippen LogP contribution in [0.1, 0.15) is 36.0 Å². The van der Waals surface area contributed by atoms with Gasteiger partial charge in [-0.15, -0.1) is 0 Å². The Balaban J connectivity index is 1.33. The van der Waals surface area contributed by atoms with Gasteiger partial charge in [0, 0.05) is 50.3 Å². The van der Waals surface area contributed by atoms with Crippen LogP contribution in [0.5, 0.6) is 0 Å². The molecule has 0 radical (unpaired) electrons. The summed E-state index contributed by atoms with van der Waals surface area (Å²) in [5, 5.41) is 3.36. The van der Waals surface area contributed by atoms with Crippen LogP contribution in [0.2, 0.25) is 0 Å². The number of hydrogen-bond acceptors (Lipinski definition) is 5. The molecule has 1 amide bonds. The van der Waals surface area contributed by atoms with E-state index in [1.54, 1.807) is 12.4 Å². The first-order valence-electron chi connectivity index (χ1n) is 9.47. The Kier molecular flexibility index (Phi) is 5.00. The number of carbonyl (C=O) groups is 1. The van der Waals surface area contributed by atoms with E-state index < -0.39 is 0 Å². The van der Waals surface area contributed by atoms with Crippen LogP contribution in [-0.2, 0) is 0 Å². The van der Waals surface area contributed by atoms with Gasteiger partial charge in [-0.05, 0) is 25.0 Å². The number of anilines is 2. The van der Waals surface area contributed by atoms with Crippen molar-refractivity contribution in [2.75, 3.05) is 36.4 Å². The van der Waals surface area contributed by atoms with E-state index in [9.17, 15) is 4.79 Å². The molecule has 1 aromatic carbocycles. The molecule has 4 rings (SSSR count). The molecule has 6 heteroatoms. The highest BCUT2D eigenvalue weighted by molar-refractivity contribution is 5.93. The first-order chi connectivity index (χ1) is 12.8. The molecule has 1 saturated carbocycles. The number of nitrogens with zero attached hydrogens (tertiary/aromatic N) is 4. The lowest BCUT2D eigenvalue weighted by Crippen LogP contribution is -2.48. The molecule has 0 atom stereocenters. The van der Waals surface area contributed by atoms with Crippen molar-refractivity contribution in [1.82, 2.24) is 14.9 Å². The molecule has 136 valence electrons. The SMILES string of the molecule is O=C(c1cnc(NC2CCCC2)nc1)N1CCN(c2ccccc2)CC1. The molecule has 1 aliphatic heterocycles. The van der Waals surface area contributed by atoms with Crippen LogP contribution in [0.25, 0.3) is 0 Å². The molecule has 1 N–H and O–H groups in total. The molecule has 0 unspecified atom stereocenters. The summed E-state index contributed by atoms with van der Waals surface area (Å²) < 4.78 is 0. The number of carbonyl (C=O) groups excluding carboxylic acids is 1. The van der Waals surface area contributed by atoms with Crippen LogP contribution in [0, 0.1) is 0 Å². The number of para-hydroxylation sites is 1. The lowest BCUT2D eigenvalue weighted by Gasteiger charge is -2.36. The van der Waals surface area contributed by atoms with Crippen LogP contribution >= 0.6 is 0 Å². The van der Waals surface area contributed by atoms with Gasteiger partial charge in [-0.3, -0.25) is 4.79 Å². The molecule has 1 saturated heterocycles. The molecule has 0 spiro atoms. The Bertz CT molecular complexity index is 720. The maximum absolute atomic E-state index is 12.7. The van der Waals surface area contributed by atoms with E-state index >= 15 is 0 Å². The molecule has 26 heavy (non-hydrogen) atoms. The minimum absolute atomic E-state index is 0.0186. The fourth-order valence-corrected chi connectivity index (χ4v) is 3.75. The zero-order valence-electron chi connectivity index (χ0n) is 15.0. The van der Waals surface area contributed by atoms with Gasteiger partial charge in [-0.25, -0.2) is 9.97 Å². The van der Waals surface area contributed by atoms with E-state index in [0.717, 1.165) is 26.2 Å². The van der Waals surface area contributed by atoms with Crippen LogP contribution in [0.3, 0.4) is 0 Å². The summed E-state index contributed by atoms with van der Waals surface area (Å²) in [4.78, 5) is 25.6. The molecule has 2 aliphatic rings. The Morgan fingerprint density at radius 2 is 1.62 bits per heavy atom. The van der Waals surface area contributed by atoms with Crippen LogP contribution < -0.4 is 10.2 Å². The quantitative estimate of drug-likeness (QED) is 0.918. The second-order valence-electron chi connectivity index (χ2n) is 7.04. The van der Waals surface area contributed by atoms with Gasteiger partial charge in [0.15, 0.2) is 0 Å². The normalized spacial score (nSPS) is 18.2. The Hall–Kier alpha value is -2.63. The van der Waals surface area contributed by atoms with Gasteiger partial charge >= 0.3 is 0 Å². The van der Waals surface area contributed by atoms with Gasteiger partial charge in [0.1, 0.15) is 0 Å². The second-order valence-corrected chi connectivity index (χ2v) is 7.04. The highest BCUT2D eigenvalue weighted by Gasteiger charge is 2.23. The summed E-state index contributed by atoms with van der Waals surface area (Å²) in [6.45, 7) is 3.13. The summed E-state index contributed by atoms with van der Waals surface area (Å²) in [6, 6.07) is 10.8. The third-order valence-electron chi connectivity index (χ3n) is 5.28. The van der Waals surface area contributed by atoms with E-state index in [2.05, 4.69) is 32.3 Å². The molecular formula is C20H25N5O. The fourth-order valence-electron chi connectivity index (χ4n) is 3.75. The van der Waals surface area contributed by atoms with Crippen LogP contribution in [-0.4, -0.2) is 53.0 Å². The summed E-state index contributed by atoms with van der Waals surface area (Å²) in [5.41, 5.74) is 1.78. The third kappa shape index (κ3) is 3.79. The monoisotopic (exact) mass is 351 g/mol. The topological polar surface area (TPSA) is 61.4 Å². The number of nitrogens with one attached hydrogen (secondary N) is 1. The minimum Gasteiger partial charge on any atom is -0.368 e. The molecule has 1 aromatic heterocycles. The number of piperazine rings is 1. The van der Waals surface area contributed by atoms with Gasteiger partial charge in [0.05, 0.1) is 5.56 Å². The smallest absolute Gasteiger partial charge is 0.257 e. The maximum Gasteiger partial charge on any atom is 0.257 e. The Labute approximate surface area is 154 Å². The predicted octanol–water partition coefficient (Wildman–Crippen LogP) is 2.79. The van der Waals surface area contributed by atoms with Crippen LogP contribution in [0.4, 0.5) is 11.6 Å². The summed E-state index contributed by atoms with van der Waals surface area (Å²) >= 11 is 0. The van der Waals surface area contributed by atoms with Crippen molar-refractivity contribution in [1.29, 1.82) is 0 Å². The number of benzene rings is 1. The second kappa shape index (κ2) is 7.72. The molecule has 2 fully saturated rings. The van der Waals surface area contributed by atoms with Gasteiger partial charge < -0.3 is 15.1 Å². The first-order valence-corrected chi connectivity index (χ1v) is 9.47. The van der Waals surface area contributed by atoms with Crippen molar-refractivity contribution in [3.05, 3.63) is 48.3 Å². The standard InChI is InChI=1S/C20H25N5O/c26-19(16-14-21-20(22-15-16)23-17-6-4-5-7-17)25-12-10-24(11-13-25)18-8-2-1-3-9-18/h1-3,8-9,14-15,17H,4-7,10-13H2,(H,21,22,23). The number of hydrogen-bond donors (Lipinski definition) is 1. The molecule has 1 aliphatic carbocycles. The predicted molar refractivity (Wildman–Crippen MR) is 102 cm³/mol. The number of aromatic nitrogens is 2. The average molecular weight is 351 g/mol. The first kappa shape index (κ1) is 16.8. The number of amides is 1. The summed E-state index contributed by atoms with van der Waals surface area (Å²) in [5.74, 6) is 0.646. The lowest BCUT2D eigenvalue weighted by molar-refractivity contribution is 0.0746. The largest absolute Gasteiger partial charge is 0.368 e. The third-order valence-corrected chi connectivity index (χ3v) is 5.28. The van der Waals surface area contributed by atoms with Crippen molar-refractivity contribution >= 4 is 17.5 Å². The van der Waals surface area contributed by atoms with Crippen molar-refractivity contribution in [2.45, 2.75) is 31.7 Å². The van der Waals surface area contributed by atoms with Gasteiger partial charge in [0.25, 0.3) is 5.91 Å². The van der Waals surface area contributed by atoms with Crippen molar-refractivity contribution in [2.24, 2.45) is 0 Å². The van der Waals surface area contributed by atoms with E-state index in [1.807, 2.05) is 23.1 Å². The Morgan fingerprint density at radius 3 is 2.27 bits per heavy atom. The lowest BCUT2D eigenvalue weighted by atomic mass is 10.2. The van der Waals surface area contributed by atoms with Crippen molar-refractivity contribution in [3.63, 3.8) is 0 Å². The van der Waals surface area contributed by atoms with Gasteiger partial charge in [0.2, 0.25) is 5.95 Å². The van der Waals surface area contributed by atoms with Gasteiger partial charge in [-0.1, -0.05) is 31.0 Å². The van der Waals surface area contributed by atoms with E-state index in [4.69, 9.17) is 0 Å².